The second kappa shape index (κ2) is 9.83. The third-order valence-electron chi connectivity index (χ3n) is 4.07. The SMILES string of the molecule is CC(C)OCCOc1ccc(N(c2ccc(Cl)cc2)c2ccc(Cl)cc2)cc1. The van der Waals surface area contributed by atoms with Gasteiger partial charge in [0, 0.05) is 27.1 Å². The van der Waals surface area contributed by atoms with E-state index in [-0.39, 0.29) is 6.10 Å². The van der Waals surface area contributed by atoms with Crippen molar-refractivity contribution in [3.63, 3.8) is 0 Å². The number of hydrogen-bond donors (Lipinski definition) is 0. The summed E-state index contributed by atoms with van der Waals surface area (Å²) in [4.78, 5) is 2.14. The lowest BCUT2D eigenvalue weighted by Crippen LogP contribution is -2.12. The van der Waals surface area contributed by atoms with E-state index >= 15 is 0 Å². The summed E-state index contributed by atoms with van der Waals surface area (Å²) < 4.78 is 11.3. The highest BCUT2D eigenvalue weighted by molar-refractivity contribution is 6.31. The van der Waals surface area contributed by atoms with Crippen molar-refractivity contribution in [3.8, 4) is 5.75 Å². The summed E-state index contributed by atoms with van der Waals surface area (Å²) in [5.74, 6) is 0.809. The number of halogens is 2. The van der Waals surface area contributed by atoms with Crippen LogP contribution in [-0.4, -0.2) is 19.3 Å². The van der Waals surface area contributed by atoms with Crippen LogP contribution in [0.3, 0.4) is 0 Å². The van der Waals surface area contributed by atoms with Gasteiger partial charge < -0.3 is 14.4 Å². The zero-order valence-electron chi connectivity index (χ0n) is 15.9. The molecule has 0 radical (unpaired) electrons. The fraction of sp³-hybridized carbons (Fsp3) is 0.217. The maximum atomic E-state index is 6.07. The van der Waals surface area contributed by atoms with Crippen LogP contribution in [0, 0.1) is 0 Å². The van der Waals surface area contributed by atoms with E-state index in [9.17, 15) is 0 Å². The van der Waals surface area contributed by atoms with Crippen LogP contribution in [0.15, 0.2) is 72.8 Å². The van der Waals surface area contributed by atoms with Crippen molar-refractivity contribution < 1.29 is 9.47 Å². The monoisotopic (exact) mass is 415 g/mol. The van der Waals surface area contributed by atoms with Crippen LogP contribution in [0.4, 0.5) is 17.1 Å². The number of rotatable bonds is 8. The number of benzene rings is 3. The fourth-order valence-corrected chi connectivity index (χ4v) is 3.01. The fourth-order valence-electron chi connectivity index (χ4n) is 2.76. The van der Waals surface area contributed by atoms with E-state index in [2.05, 4.69) is 4.90 Å². The van der Waals surface area contributed by atoms with Gasteiger partial charge in [0.15, 0.2) is 0 Å². The van der Waals surface area contributed by atoms with Gasteiger partial charge in [0.25, 0.3) is 0 Å². The Labute approximate surface area is 176 Å². The Morgan fingerprint density at radius 3 is 1.54 bits per heavy atom. The van der Waals surface area contributed by atoms with E-state index in [0.717, 1.165) is 22.8 Å². The van der Waals surface area contributed by atoms with Gasteiger partial charge in [0.1, 0.15) is 12.4 Å². The van der Waals surface area contributed by atoms with Crippen molar-refractivity contribution in [2.75, 3.05) is 18.1 Å². The summed E-state index contributed by atoms with van der Waals surface area (Å²) >= 11 is 12.1. The molecule has 0 aliphatic carbocycles. The summed E-state index contributed by atoms with van der Waals surface area (Å²) in [6.07, 6.45) is 0.207. The number of ether oxygens (including phenoxy) is 2. The Kier molecular flexibility index (Phi) is 7.21. The van der Waals surface area contributed by atoms with Gasteiger partial charge in [-0.1, -0.05) is 23.2 Å². The minimum atomic E-state index is 0.207. The van der Waals surface area contributed by atoms with Gasteiger partial charge in [-0.15, -0.1) is 0 Å². The summed E-state index contributed by atoms with van der Waals surface area (Å²) in [5, 5.41) is 1.40. The van der Waals surface area contributed by atoms with Crippen molar-refractivity contribution in [2.24, 2.45) is 0 Å². The molecule has 0 atom stereocenters. The molecule has 3 nitrogen and oxygen atoms in total. The molecule has 0 N–H and O–H groups in total. The Morgan fingerprint density at radius 2 is 1.11 bits per heavy atom. The van der Waals surface area contributed by atoms with Gasteiger partial charge in [0.2, 0.25) is 0 Å². The molecule has 0 aromatic heterocycles. The first-order valence-electron chi connectivity index (χ1n) is 9.18. The van der Waals surface area contributed by atoms with Gasteiger partial charge in [-0.2, -0.15) is 0 Å². The molecule has 0 amide bonds. The van der Waals surface area contributed by atoms with Crippen molar-refractivity contribution >= 4 is 40.3 Å². The highest BCUT2D eigenvalue weighted by Gasteiger charge is 2.12. The van der Waals surface area contributed by atoms with Gasteiger partial charge in [-0.05, 0) is 86.6 Å². The second-order valence-electron chi connectivity index (χ2n) is 6.55. The average Bonchev–Trinajstić information content (AvgIpc) is 2.69. The first kappa shape index (κ1) is 20.5. The average molecular weight is 416 g/mol. The maximum Gasteiger partial charge on any atom is 0.119 e. The van der Waals surface area contributed by atoms with Gasteiger partial charge in [-0.25, -0.2) is 0 Å². The molecule has 0 spiro atoms. The van der Waals surface area contributed by atoms with Crippen molar-refractivity contribution in [3.05, 3.63) is 82.8 Å². The first-order chi connectivity index (χ1) is 13.5. The number of anilines is 3. The molecular weight excluding hydrogens is 393 g/mol. The quantitative estimate of drug-likeness (QED) is 0.361. The predicted molar refractivity (Wildman–Crippen MR) is 118 cm³/mol. The highest BCUT2D eigenvalue weighted by Crippen LogP contribution is 2.36. The lowest BCUT2D eigenvalue weighted by atomic mass is 10.2. The zero-order valence-corrected chi connectivity index (χ0v) is 17.5. The molecular formula is C23H23Cl2NO2. The molecule has 0 unspecified atom stereocenters. The molecule has 28 heavy (non-hydrogen) atoms. The molecule has 5 heteroatoms. The Balaban J connectivity index is 1.82. The minimum absolute atomic E-state index is 0.207. The van der Waals surface area contributed by atoms with Crippen LogP contribution in [-0.2, 0) is 4.74 Å². The van der Waals surface area contributed by atoms with E-state index < -0.39 is 0 Å². The molecule has 0 aliphatic rings. The molecule has 146 valence electrons. The minimum Gasteiger partial charge on any atom is -0.491 e. The van der Waals surface area contributed by atoms with Gasteiger partial charge in [0.05, 0.1) is 12.7 Å². The summed E-state index contributed by atoms with van der Waals surface area (Å²) in [5.41, 5.74) is 3.02. The Hall–Kier alpha value is -2.20. The third-order valence-corrected chi connectivity index (χ3v) is 4.57. The maximum absolute atomic E-state index is 6.07. The molecule has 3 rings (SSSR count). The summed E-state index contributed by atoms with van der Waals surface area (Å²) in [7, 11) is 0. The van der Waals surface area contributed by atoms with E-state index in [4.69, 9.17) is 32.7 Å². The molecule has 0 saturated heterocycles. The van der Waals surface area contributed by atoms with E-state index in [1.54, 1.807) is 0 Å². The largest absolute Gasteiger partial charge is 0.491 e. The second-order valence-corrected chi connectivity index (χ2v) is 7.42. The Morgan fingerprint density at radius 1 is 0.679 bits per heavy atom. The zero-order chi connectivity index (χ0) is 19.9. The predicted octanol–water partition coefficient (Wildman–Crippen LogP) is 7.27. The standard InChI is InChI=1S/C23H23Cl2NO2/c1-17(2)27-15-16-28-23-13-11-22(12-14-23)26(20-7-3-18(24)4-8-20)21-9-5-19(25)6-10-21/h3-14,17H,15-16H2,1-2H3. The molecule has 3 aromatic rings. The normalized spacial score (nSPS) is 10.9. The number of nitrogens with zero attached hydrogens (tertiary/aromatic N) is 1. The lowest BCUT2D eigenvalue weighted by molar-refractivity contribution is 0.0553. The van der Waals surface area contributed by atoms with Crippen LogP contribution in [0.25, 0.3) is 0 Å². The Bertz CT molecular complexity index is 817. The number of hydrogen-bond acceptors (Lipinski definition) is 3. The smallest absolute Gasteiger partial charge is 0.119 e. The van der Waals surface area contributed by atoms with E-state index in [0.29, 0.717) is 23.3 Å². The molecule has 0 saturated carbocycles. The molecule has 0 aliphatic heterocycles. The van der Waals surface area contributed by atoms with Crippen LogP contribution in [0.5, 0.6) is 5.75 Å². The van der Waals surface area contributed by atoms with E-state index in [1.165, 1.54) is 0 Å². The van der Waals surface area contributed by atoms with E-state index in [1.807, 2.05) is 86.6 Å². The van der Waals surface area contributed by atoms with Crippen molar-refractivity contribution in [1.82, 2.24) is 0 Å². The van der Waals surface area contributed by atoms with Gasteiger partial charge in [-0.3, -0.25) is 0 Å². The van der Waals surface area contributed by atoms with Crippen LogP contribution in [0.1, 0.15) is 13.8 Å². The summed E-state index contributed by atoms with van der Waals surface area (Å²) in [6, 6.07) is 23.5. The van der Waals surface area contributed by atoms with Gasteiger partial charge >= 0.3 is 0 Å². The highest BCUT2D eigenvalue weighted by atomic mass is 35.5. The van der Waals surface area contributed by atoms with Crippen LogP contribution >= 0.6 is 23.2 Å². The van der Waals surface area contributed by atoms with Crippen LogP contribution in [0.2, 0.25) is 10.0 Å². The molecule has 0 heterocycles. The van der Waals surface area contributed by atoms with Crippen LogP contribution < -0.4 is 9.64 Å². The topological polar surface area (TPSA) is 21.7 Å². The lowest BCUT2D eigenvalue weighted by Gasteiger charge is -2.25. The third kappa shape index (κ3) is 5.65. The van der Waals surface area contributed by atoms with Crippen molar-refractivity contribution in [2.45, 2.75) is 20.0 Å². The summed E-state index contributed by atoms with van der Waals surface area (Å²) in [6.45, 7) is 5.12. The molecule has 0 fully saturated rings. The molecule has 3 aromatic carbocycles. The van der Waals surface area contributed by atoms with Crippen molar-refractivity contribution in [1.29, 1.82) is 0 Å². The first-order valence-corrected chi connectivity index (χ1v) is 9.94. The molecule has 0 bridgehead atoms.